The quantitative estimate of drug-likeness (QED) is 0.198. The summed E-state index contributed by atoms with van der Waals surface area (Å²) in [5.74, 6) is 0. The average molecular weight is 659 g/mol. The molecule has 0 radical (unpaired) electrons. The molecule has 11 rings (SSSR count). The average Bonchev–Trinajstić information content (AvgIpc) is 3.78. The molecule has 0 saturated carbocycles. The van der Waals surface area contributed by atoms with Crippen LogP contribution in [-0.2, 0) is 5.41 Å². The lowest BCUT2D eigenvalue weighted by molar-refractivity contribution is 0.329. The number of pyridine rings is 1. The summed E-state index contributed by atoms with van der Waals surface area (Å²) in [6, 6.07) is 48.3. The van der Waals surface area contributed by atoms with Crippen LogP contribution < -0.4 is 10.6 Å². The Kier molecular flexibility index (Phi) is 5.78. The Bertz CT molecular complexity index is 2910. The Morgan fingerprint density at radius 1 is 0.608 bits per heavy atom. The van der Waals surface area contributed by atoms with Crippen molar-refractivity contribution in [1.82, 2.24) is 20.2 Å². The normalized spacial score (nSPS) is 18.0. The maximum absolute atomic E-state index is 6.16. The molecular weight excluding hydrogens is 625 g/mol. The summed E-state index contributed by atoms with van der Waals surface area (Å²) in [6.07, 6.45) is 3.67. The summed E-state index contributed by atoms with van der Waals surface area (Å²) in [7, 11) is 0. The van der Waals surface area contributed by atoms with E-state index < -0.39 is 0 Å². The summed E-state index contributed by atoms with van der Waals surface area (Å²) in [4.78, 5) is 4.39. The van der Waals surface area contributed by atoms with Crippen LogP contribution in [0.2, 0.25) is 0 Å². The molecule has 0 bridgehead atoms. The van der Waals surface area contributed by atoms with Crippen molar-refractivity contribution in [2.24, 2.45) is 0 Å². The van der Waals surface area contributed by atoms with E-state index in [0.29, 0.717) is 0 Å². The maximum Gasteiger partial charge on any atom is 0.135 e. The molecule has 0 spiro atoms. The van der Waals surface area contributed by atoms with Crippen molar-refractivity contribution in [3.8, 4) is 11.1 Å². The van der Waals surface area contributed by atoms with Gasteiger partial charge in [0.2, 0.25) is 0 Å². The van der Waals surface area contributed by atoms with Crippen LogP contribution in [-0.4, -0.2) is 9.55 Å². The fourth-order valence-corrected chi connectivity index (χ4v) is 8.87. The number of rotatable bonds is 3. The van der Waals surface area contributed by atoms with Crippen molar-refractivity contribution in [2.45, 2.75) is 31.5 Å². The first-order valence-corrected chi connectivity index (χ1v) is 17.7. The van der Waals surface area contributed by atoms with Gasteiger partial charge in [-0.25, -0.2) is 0 Å². The highest BCUT2D eigenvalue weighted by Gasteiger charge is 2.45. The molecule has 2 atom stereocenters. The summed E-state index contributed by atoms with van der Waals surface area (Å²) < 4.78 is 8.68. The van der Waals surface area contributed by atoms with Crippen LogP contribution in [0, 0.1) is 0 Å². The predicted molar refractivity (Wildman–Crippen MR) is 208 cm³/mol. The SMILES string of the molecule is CC1(C)C2=C(NC(n3c4ccccc4c4cc5ccccc5cc43)C(c3ccncc3)N2)c2cc(-c3ccc4oc5ccccc5c4c3)ccc21. The second-order valence-electron chi connectivity index (χ2n) is 14.5. The lowest BCUT2D eigenvalue weighted by Gasteiger charge is -2.40. The van der Waals surface area contributed by atoms with E-state index in [2.05, 4.69) is 155 Å². The van der Waals surface area contributed by atoms with Gasteiger partial charge in [0.1, 0.15) is 17.3 Å². The van der Waals surface area contributed by atoms with Gasteiger partial charge < -0.3 is 19.6 Å². The molecular formula is C46H34N4O. The van der Waals surface area contributed by atoms with Crippen LogP contribution in [0.4, 0.5) is 0 Å². The molecule has 5 nitrogen and oxygen atoms in total. The highest BCUT2D eigenvalue weighted by atomic mass is 16.3. The first-order valence-electron chi connectivity index (χ1n) is 17.7. The zero-order valence-electron chi connectivity index (χ0n) is 28.3. The van der Waals surface area contributed by atoms with Crippen molar-refractivity contribution in [2.75, 3.05) is 0 Å². The Hall–Kier alpha value is -6.33. The highest BCUT2D eigenvalue weighted by Crippen LogP contribution is 2.51. The summed E-state index contributed by atoms with van der Waals surface area (Å²) >= 11 is 0. The molecule has 244 valence electrons. The number of fused-ring (bicyclic) bond motifs is 9. The zero-order valence-corrected chi connectivity index (χ0v) is 28.3. The number of para-hydroxylation sites is 2. The number of furan rings is 1. The van der Waals surface area contributed by atoms with Gasteiger partial charge in [0, 0.05) is 50.6 Å². The number of hydrogen-bond acceptors (Lipinski definition) is 4. The molecule has 9 aromatic rings. The van der Waals surface area contributed by atoms with Gasteiger partial charge in [0.15, 0.2) is 0 Å². The minimum absolute atomic E-state index is 0.0536. The Morgan fingerprint density at radius 2 is 1.31 bits per heavy atom. The van der Waals surface area contributed by atoms with Crippen LogP contribution in [0.15, 0.2) is 156 Å². The van der Waals surface area contributed by atoms with Crippen molar-refractivity contribution in [1.29, 1.82) is 0 Å². The van der Waals surface area contributed by atoms with Crippen LogP contribution >= 0.6 is 0 Å². The molecule has 3 aromatic heterocycles. The van der Waals surface area contributed by atoms with Crippen LogP contribution in [0.25, 0.3) is 71.3 Å². The second kappa shape index (κ2) is 10.3. The van der Waals surface area contributed by atoms with E-state index in [1.807, 2.05) is 24.5 Å². The van der Waals surface area contributed by atoms with Crippen molar-refractivity contribution in [3.63, 3.8) is 0 Å². The van der Waals surface area contributed by atoms with E-state index in [-0.39, 0.29) is 17.6 Å². The van der Waals surface area contributed by atoms with Crippen molar-refractivity contribution in [3.05, 3.63) is 168 Å². The smallest absolute Gasteiger partial charge is 0.135 e. The van der Waals surface area contributed by atoms with Gasteiger partial charge in [-0.05, 0) is 87.6 Å². The molecule has 5 heteroatoms. The van der Waals surface area contributed by atoms with Crippen molar-refractivity contribution >= 4 is 60.2 Å². The van der Waals surface area contributed by atoms with Crippen molar-refractivity contribution < 1.29 is 4.42 Å². The monoisotopic (exact) mass is 658 g/mol. The lowest BCUT2D eigenvalue weighted by atomic mass is 9.83. The molecule has 1 aliphatic heterocycles. The van der Waals surface area contributed by atoms with Crippen LogP contribution in [0.3, 0.4) is 0 Å². The largest absolute Gasteiger partial charge is 0.456 e. The lowest BCUT2D eigenvalue weighted by Crippen LogP contribution is -2.45. The molecule has 4 heterocycles. The maximum atomic E-state index is 6.16. The van der Waals surface area contributed by atoms with Gasteiger partial charge in [-0.3, -0.25) is 4.98 Å². The van der Waals surface area contributed by atoms with Crippen LogP contribution in [0.1, 0.15) is 42.7 Å². The number of benzene rings is 6. The van der Waals surface area contributed by atoms with E-state index in [1.54, 1.807) is 0 Å². The van der Waals surface area contributed by atoms with E-state index >= 15 is 0 Å². The highest BCUT2D eigenvalue weighted by molar-refractivity contribution is 6.13. The molecule has 0 saturated heterocycles. The molecule has 0 fully saturated rings. The second-order valence-corrected chi connectivity index (χ2v) is 14.5. The fourth-order valence-electron chi connectivity index (χ4n) is 8.87. The molecule has 51 heavy (non-hydrogen) atoms. The summed E-state index contributed by atoms with van der Waals surface area (Å²) in [6.45, 7) is 4.67. The van der Waals surface area contributed by atoms with E-state index in [1.165, 1.54) is 66.1 Å². The van der Waals surface area contributed by atoms with Gasteiger partial charge in [-0.15, -0.1) is 0 Å². The standard InChI is InChI=1S/C46H34N4O/c1-46(2)37-17-15-30(31-16-18-41-35(24-31)33-12-6-8-14-40(33)51-41)25-36(37)43-44(46)48-42(27-19-21-47-22-20-27)45(49-43)50-38-13-7-5-11-32(38)34-23-28-9-3-4-10-29(28)26-39(34)50/h3-26,42,45,48-49H,1-2H3. The molecule has 1 aliphatic carbocycles. The van der Waals surface area contributed by atoms with Gasteiger partial charge >= 0.3 is 0 Å². The number of allylic oxidation sites excluding steroid dienone is 1. The summed E-state index contributed by atoms with van der Waals surface area (Å²) in [5, 5.41) is 15.6. The topological polar surface area (TPSA) is 55.0 Å². The minimum Gasteiger partial charge on any atom is -0.456 e. The minimum atomic E-state index is -0.228. The van der Waals surface area contributed by atoms with E-state index in [0.717, 1.165) is 27.6 Å². The number of nitrogens with one attached hydrogen (secondary N) is 2. The predicted octanol–water partition coefficient (Wildman–Crippen LogP) is 11.0. The number of aromatic nitrogens is 2. The fraction of sp³-hybridized carbons (Fsp3) is 0.109. The third-order valence-electron chi connectivity index (χ3n) is 11.4. The van der Waals surface area contributed by atoms with Gasteiger partial charge in [0.05, 0.1) is 22.8 Å². The first-order chi connectivity index (χ1) is 25.0. The van der Waals surface area contributed by atoms with Crippen LogP contribution in [0.5, 0.6) is 0 Å². The van der Waals surface area contributed by atoms with E-state index in [4.69, 9.17) is 4.42 Å². The Morgan fingerprint density at radius 3 is 2.18 bits per heavy atom. The molecule has 0 amide bonds. The van der Waals surface area contributed by atoms with Gasteiger partial charge in [-0.1, -0.05) is 92.7 Å². The number of nitrogens with zero attached hydrogens (tertiary/aromatic N) is 2. The molecule has 6 aromatic carbocycles. The van der Waals surface area contributed by atoms with Gasteiger partial charge in [0.25, 0.3) is 0 Å². The Labute approximate surface area is 294 Å². The van der Waals surface area contributed by atoms with Gasteiger partial charge in [-0.2, -0.15) is 0 Å². The number of hydrogen-bond donors (Lipinski definition) is 2. The first kappa shape index (κ1) is 28.5. The van der Waals surface area contributed by atoms with E-state index in [9.17, 15) is 0 Å². The molecule has 2 aliphatic rings. The molecule has 2 unspecified atom stereocenters. The third-order valence-corrected chi connectivity index (χ3v) is 11.4. The third kappa shape index (κ3) is 4.06. The molecule has 2 N–H and O–H groups in total. The summed E-state index contributed by atoms with van der Waals surface area (Å²) in [5.41, 5.74) is 12.5. The zero-order chi connectivity index (χ0) is 33.8. The Balaban J connectivity index is 1.11.